The van der Waals surface area contributed by atoms with E-state index in [4.69, 9.17) is 0 Å². The number of aliphatic hydroxyl groups excluding tert-OH is 1. The summed E-state index contributed by atoms with van der Waals surface area (Å²) >= 11 is 0. The first kappa shape index (κ1) is 11.0. The molecule has 1 rings (SSSR count). The third kappa shape index (κ3) is 2.46. The van der Waals surface area contributed by atoms with Gasteiger partial charge < -0.3 is 5.11 Å². The van der Waals surface area contributed by atoms with Crippen LogP contribution >= 0.6 is 0 Å². The van der Waals surface area contributed by atoms with E-state index in [9.17, 15) is 5.11 Å². The van der Waals surface area contributed by atoms with Gasteiger partial charge >= 0.3 is 0 Å². The van der Waals surface area contributed by atoms with Crippen molar-refractivity contribution in [3.05, 3.63) is 0 Å². The highest BCUT2D eigenvalue weighted by Crippen LogP contribution is 2.43. The maximum Gasteiger partial charge on any atom is 0.0596 e. The van der Waals surface area contributed by atoms with Crippen LogP contribution in [0.5, 0.6) is 0 Å². The maximum absolute atomic E-state index is 10.1. The van der Waals surface area contributed by atoms with E-state index >= 15 is 0 Å². The van der Waals surface area contributed by atoms with Gasteiger partial charge in [-0.15, -0.1) is 0 Å². The second-order valence-electron chi connectivity index (χ2n) is 4.58. The van der Waals surface area contributed by atoms with E-state index < -0.39 is 0 Å². The highest BCUT2D eigenvalue weighted by atomic mass is 16.3. The Hall–Kier alpha value is -0.0400. The molecular formula is C12H24O. The molecule has 13 heavy (non-hydrogen) atoms. The number of hydrogen-bond acceptors (Lipinski definition) is 1. The molecule has 0 aromatic carbocycles. The minimum absolute atomic E-state index is 0.0391. The van der Waals surface area contributed by atoms with Crippen LogP contribution in [0.25, 0.3) is 0 Å². The van der Waals surface area contributed by atoms with Gasteiger partial charge in [0.1, 0.15) is 0 Å². The van der Waals surface area contributed by atoms with Crippen LogP contribution in [0, 0.1) is 5.41 Å². The van der Waals surface area contributed by atoms with Crippen molar-refractivity contribution in [1.82, 2.24) is 0 Å². The average Bonchev–Trinajstić information content (AvgIpc) is 2.19. The van der Waals surface area contributed by atoms with Gasteiger partial charge in [-0.25, -0.2) is 0 Å². The third-order valence-corrected chi connectivity index (χ3v) is 3.82. The standard InChI is InChI=1S/C12H24O/c1-3-8-11(13)12(4-2)9-6-5-7-10-12/h11,13H,3-10H2,1-2H3. The Morgan fingerprint density at radius 1 is 1.15 bits per heavy atom. The van der Waals surface area contributed by atoms with Crippen molar-refractivity contribution in [2.45, 2.75) is 71.3 Å². The van der Waals surface area contributed by atoms with Gasteiger partial charge in [-0.1, -0.05) is 39.5 Å². The van der Waals surface area contributed by atoms with E-state index in [1.165, 1.54) is 32.1 Å². The Balaban J connectivity index is 2.55. The molecule has 0 heterocycles. The van der Waals surface area contributed by atoms with E-state index in [0.29, 0.717) is 0 Å². The van der Waals surface area contributed by atoms with Gasteiger partial charge in [-0.3, -0.25) is 0 Å². The van der Waals surface area contributed by atoms with Gasteiger partial charge in [0.2, 0.25) is 0 Å². The summed E-state index contributed by atoms with van der Waals surface area (Å²) in [4.78, 5) is 0. The van der Waals surface area contributed by atoms with E-state index in [-0.39, 0.29) is 11.5 Å². The fraction of sp³-hybridized carbons (Fsp3) is 1.00. The highest BCUT2D eigenvalue weighted by molar-refractivity contribution is 4.87. The minimum Gasteiger partial charge on any atom is -0.393 e. The molecular weight excluding hydrogens is 160 g/mol. The van der Waals surface area contributed by atoms with E-state index in [1.54, 1.807) is 0 Å². The smallest absolute Gasteiger partial charge is 0.0596 e. The Labute approximate surface area is 82.5 Å². The molecule has 1 heteroatoms. The first-order valence-electron chi connectivity index (χ1n) is 5.93. The normalized spacial score (nSPS) is 24.2. The lowest BCUT2D eigenvalue weighted by molar-refractivity contribution is -0.0126. The van der Waals surface area contributed by atoms with E-state index in [2.05, 4.69) is 13.8 Å². The summed E-state index contributed by atoms with van der Waals surface area (Å²) in [6.07, 6.45) is 9.77. The molecule has 1 unspecified atom stereocenters. The molecule has 0 amide bonds. The quantitative estimate of drug-likeness (QED) is 0.709. The molecule has 0 aliphatic heterocycles. The third-order valence-electron chi connectivity index (χ3n) is 3.82. The number of hydrogen-bond donors (Lipinski definition) is 1. The lowest BCUT2D eigenvalue weighted by Gasteiger charge is -2.40. The van der Waals surface area contributed by atoms with Crippen molar-refractivity contribution in [2.75, 3.05) is 0 Å². The second kappa shape index (κ2) is 4.99. The molecule has 0 aromatic heterocycles. The van der Waals surface area contributed by atoms with Crippen molar-refractivity contribution in [3.63, 3.8) is 0 Å². The zero-order valence-electron chi connectivity index (χ0n) is 9.18. The highest BCUT2D eigenvalue weighted by Gasteiger charge is 2.36. The average molecular weight is 184 g/mol. The maximum atomic E-state index is 10.1. The Morgan fingerprint density at radius 2 is 1.77 bits per heavy atom. The van der Waals surface area contributed by atoms with Crippen LogP contribution in [-0.4, -0.2) is 11.2 Å². The van der Waals surface area contributed by atoms with Crippen LogP contribution in [0.4, 0.5) is 0 Å². The summed E-state index contributed by atoms with van der Waals surface area (Å²) < 4.78 is 0. The molecule has 1 fully saturated rings. The van der Waals surface area contributed by atoms with Crippen LogP contribution < -0.4 is 0 Å². The summed E-state index contributed by atoms with van der Waals surface area (Å²) in [5.41, 5.74) is 0.286. The summed E-state index contributed by atoms with van der Waals surface area (Å²) in [7, 11) is 0. The fourth-order valence-corrected chi connectivity index (χ4v) is 2.76. The van der Waals surface area contributed by atoms with E-state index in [0.717, 1.165) is 19.3 Å². The number of aliphatic hydroxyl groups is 1. The zero-order chi connectivity index (χ0) is 9.73. The van der Waals surface area contributed by atoms with Crippen molar-refractivity contribution < 1.29 is 5.11 Å². The molecule has 1 aliphatic rings. The predicted octanol–water partition coefficient (Wildman–Crippen LogP) is 3.51. The van der Waals surface area contributed by atoms with Crippen molar-refractivity contribution in [3.8, 4) is 0 Å². The van der Waals surface area contributed by atoms with Gasteiger partial charge in [-0.2, -0.15) is 0 Å². The van der Waals surface area contributed by atoms with Crippen LogP contribution in [0.3, 0.4) is 0 Å². The molecule has 1 atom stereocenters. The molecule has 0 aromatic rings. The van der Waals surface area contributed by atoms with Crippen LogP contribution in [-0.2, 0) is 0 Å². The lowest BCUT2D eigenvalue weighted by atomic mass is 9.67. The number of rotatable bonds is 4. The van der Waals surface area contributed by atoms with Crippen molar-refractivity contribution >= 4 is 0 Å². The molecule has 1 N–H and O–H groups in total. The SMILES string of the molecule is CCCC(O)C1(CC)CCCCC1. The summed E-state index contributed by atoms with van der Waals surface area (Å²) in [5.74, 6) is 0. The zero-order valence-corrected chi connectivity index (χ0v) is 9.18. The first-order chi connectivity index (χ1) is 6.25. The molecule has 0 saturated heterocycles. The molecule has 0 radical (unpaired) electrons. The minimum atomic E-state index is -0.0391. The second-order valence-corrected chi connectivity index (χ2v) is 4.58. The molecule has 1 saturated carbocycles. The van der Waals surface area contributed by atoms with Crippen molar-refractivity contribution in [1.29, 1.82) is 0 Å². The Bertz CT molecular complexity index is 136. The summed E-state index contributed by atoms with van der Waals surface area (Å²) in [6, 6.07) is 0. The predicted molar refractivity (Wildman–Crippen MR) is 56.7 cm³/mol. The van der Waals surface area contributed by atoms with Crippen LogP contribution in [0.15, 0.2) is 0 Å². The van der Waals surface area contributed by atoms with Gasteiger partial charge in [0, 0.05) is 0 Å². The van der Waals surface area contributed by atoms with Gasteiger partial charge in [-0.05, 0) is 31.1 Å². The van der Waals surface area contributed by atoms with Gasteiger partial charge in [0.05, 0.1) is 6.10 Å². The summed E-state index contributed by atoms with van der Waals surface area (Å²) in [6.45, 7) is 4.40. The van der Waals surface area contributed by atoms with Crippen LogP contribution in [0.2, 0.25) is 0 Å². The lowest BCUT2D eigenvalue weighted by Crippen LogP contribution is -2.36. The molecule has 0 spiro atoms. The molecule has 1 aliphatic carbocycles. The monoisotopic (exact) mass is 184 g/mol. The van der Waals surface area contributed by atoms with Gasteiger partial charge in [0.15, 0.2) is 0 Å². The molecule has 1 nitrogen and oxygen atoms in total. The Kier molecular flexibility index (Phi) is 4.24. The van der Waals surface area contributed by atoms with E-state index in [1.807, 2.05) is 0 Å². The summed E-state index contributed by atoms with van der Waals surface area (Å²) in [5, 5.41) is 10.1. The van der Waals surface area contributed by atoms with Crippen LogP contribution in [0.1, 0.15) is 65.2 Å². The van der Waals surface area contributed by atoms with Gasteiger partial charge in [0.25, 0.3) is 0 Å². The largest absolute Gasteiger partial charge is 0.393 e. The van der Waals surface area contributed by atoms with Crippen molar-refractivity contribution in [2.24, 2.45) is 5.41 Å². The molecule has 78 valence electrons. The Morgan fingerprint density at radius 3 is 2.23 bits per heavy atom. The first-order valence-corrected chi connectivity index (χ1v) is 5.93. The topological polar surface area (TPSA) is 20.2 Å². The molecule has 0 bridgehead atoms. The fourth-order valence-electron chi connectivity index (χ4n) is 2.76.